The molecule has 1 heterocycles. The van der Waals surface area contributed by atoms with E-state index in [0.29, 0.717) is 22.7 Å². The number of hydrogen-bond donors (Lipinski definition) is 1. The lowest BCUT2D eigenvalue weighted by Crippen LogP contribution is -2.35. The topological polar surface area (TPSA) is 106 Å². The van der Waals surface area contributed by atoms with Gasteiger partial charge in [0.05, 0.1) is 28.7 Å². The second-order valence-electron chi connectivity index (χ2n) is 6.13. The fourth-order valence-electron chi connectivity index (χ4n) is 2.36. The number of nitrogens with zero attached hydrogens (tertiary/aromatic N) is 3. The molecule has 0 radical (unpaired) electrons. The summed E-state index contributed by atoms with van der Waals surface area (Å²) < 4.78 is 12.3. The summed E-state index contributed by atoms with van der Waals surface area (Å²) in [5.74, 6) is -0.688. The number of ether oxygens (including phenoxy) is 2. The van der Waals surface area contributed by atoms with Gasteiger partial charge in [-0.05, 0) is 52.0 Å². The Kier molecular flexibility index (Phi) is 6.19. The summed E-state index contributed by atoms with van der Waals surface area (Å²) in [6.07, 6.45) is -1.90. The molecule has 0 aliphatic carbocycles. The van der Waals surface area contributed by atoms with Gasteiger partial charge in [-0.2, -0.15) is 10.4 Å². The number of carbonyl (C=O) groups excluding carboxylic acids is 2. The van der Waals surface area contributed by atoms with Crippen molar-refractivity contribution in [3.63, 3.8) is 0 Å². The van der Waals surface area contributed by atoms with E-state index in [1.165, 1.54) is 13.8 Å². The molecule has 2 aromatic rings. The van der Waals surface area contributed by atoms with E-state index in [2.05, 4.69) is 10.4 Å². The molecule has 0 spiro atoms. The SMILES string of the molecule is Cc1nn(C)c(C)c1NC(=O)[C@H](C)OC(=O)[C@@H](C)Oc1ccc(C#N)cc1. The molecular weight excluding hydrogens is 348 g/mol. The van der Waals surface area contributed by atoms with Crippen molar-refractivity contribution >= 4 is 17.6 Å². The molecule has 0 fully saturated rings. The first-order valence-electron chi connectivity index (χ1n) is 8.41. The van der Waals surface area contributed by atoms with E-state index in [1.807, 2.05) is 13.0 Å². The Balaban J connectivity index is 1.93. The molecule has 0 saturated carbocycles. The maximum Gasteiger partial charge on any atom is 0.347 e. The van der Waals surface area contributed by atoms with Gasteiger partial charge in [0.15, 0.2) is 12.2 Å². The van der Waals surface area contributed by atoms with Gasteiger partial charge < -0.3 is 14.8 Å². The van der Waals surface area contributed by atoms with Gasteiger partial charge in [0, 0.05) is 7.05 Å². The van der Waals surface area contributed by atoms with Crippen LogP contribution >= 0.6 is 0 Å². The number of aryl methyl sites for hydroxylation is 2. The molecule has 2 rings (SSSR count). The number of amides is 1. The molecule has 0 unspecified atom stereocenters. The van der Waals surface area contributed by atoms with Gasteiger partial charge in [0.25, 0.3) is 5.91 Å². The molecule has 0 aliphatic rings. The summed E-state index contributed by atoms with van der Waals surface area (Å²) in [4.78, 5) is 24.5. The lowest BCUT2D eigenvalue weighted by atomic mass is 10.2. The lowest BCUT2D eigenvalue weighted by Gasteiger charge is -2.18. The number of rotatable bonds is 6. The molecule has 0 aliphatic heterocycles. The van der Waals surface area contributed by atoms with Gasteiger partial charge in [0.1, 0.15) is 5.75 Å². The van der Waals surface area contributed by atoms with E-state index in [9.17, 15) is 9.59 Å². The van der Waals surface area contributed by atoms with E-state index in [-0.39, 0.29) is 0 Å². The number of esters is 1. The third-order valence-corrected chi connectivity index (χ3v) is 4.05. The van der Waals surface area contributed by atoms with Gasteiger partial charge >= 0.3 is 5.97 Å². The molecule has 8 nitrogen and oxygen atoms in total. The number of anilines is 1. The largest absolute Gasteiger partial charge is 0.479 e. The fourth-order valence-corrected chi connectivity index (χ4v) is 2.36. The Morgan fingerprint density at radius 1 is 1.19 bits per heavy atom. The smallest absolute Gasteiger partial charge is 0.347 e. The Morgan fingerprint density at radius 2 is 1.81 bits per heavy atom. The zero-order chi connectivity index (χ0) is 20.1. The summed E-state index contributed by atoms with van der Waals surface area (Å²) >= 11 is 0. The van der Waals surface area contributed by atoms with Crippen LogP contribution in [-0.4, -0.2) is 33.9 Å². The zero-order valence-corrected chi connectivity index (χ0v) is 15.9. The molecule has 0 bridgehead atoms. The maximum atomic E-state index is 12.3. The Hall–Kier alpha value is -3.34. The highest BCUT2D eigenvalue weighted by Gasteiger charge is 2.24. The van der Waals surface area contributed by atoms with E-state index >= 15 is 0 Å². The number of benzene rings is 1. The van der Waals surface area contributed by atoms with Crippen LogP contribution in [0.3, 0.4) is 0 Å². The minimum Gasteiger partial charge on any atom is -0.479 e. The van der Waals surface area contributed by atoms with E-state index in [1.54, 1.807) is 42.9 Å². The van der Waals surface area contributed by atoms with Gasteiger partial charge in [-0.25, -0.2) is 4.79 Å². The molecular formula is C19H22N4O4. The molecule has 27 heavy (non-hydrogen) atoms. The van der Waals surface area contributed by atoms with Crippen LogP contribution < -0.4 is 10.1 Å². The predicted molar refractivity (Wildman–Crippen MR) is 98.1 cm³/mol. The average molecular weight is 370 g/mol. The van der Waals surface area contributed by atoms with E-state index in [4.69, 9.17) is 14.7 Å². The summed E-state index contributed by atoms with van der Waals surface area (Å²) in [7, 11) is 1.78. The van der Waals surface area contributed by atoms with Crippen LogP contribution in [0.4, 0.5) is 5.69 Å². The second kappa shape index (κ2) is 8.36. The molecule has 1 aromatic heterocycles. The van der Waals surface area contributed by atoms with Gasteiger partial charge in [-0.1, -0.05) is 0 Å². The highest BCUT2D eigenvalue weighted by atomic mass is 16.6. The molecule has 142 valence electrons. The summed E-state index contributed by atoms with van der Waals surface area (Å²) in [5, 5.41) is 15.7. The van der Waals surface area contributed by atoms with Crippen molar-refractivity contribution in [1.29, 1.82) is 5.26 Å². The van der Waals surface area contributed by atoms with Crippen LogP contribution in [0.2, 0.25) is 0 Å². The van der Waals surface area contributed by atoms with Crippen molar-refractivity contribution < 1.29 is 19.1 Å². The normalized spacial score (nSPS) is 12.6. The van der Waals surface area contributed by atoms with E-state index < -0.39 is 24.1 Å². The van der Waals surface area contributed by atoms with Gasteiger partial charge in [-0.15, -0.1) is 0 Å². The maximum absolute atomic E-state index is 12.3. The number of nitrogens with one attached hydrogen (secondary N) is 1. The van der Waals surface area contributed by atoms with Crippen LogP contribution in [0.15, 0.2) is 24.3 Å². The highest BCUT2D eigenvalue weighted by Crippen LogP contribution is 2.19. The van der Waals surface area contributed by atoms with Crippen LogP contribution in [0.25, 0.3) is 0 Å². The standard InChI is InChI=1S/C19H22N4O4/c1-11-17(12(2)23(5)22-11)21-18(24)13(3)27-19(25)14(4)26-16-8-6-15(10-20)7-9-16/h6-9,13-14H,1-5H3,(H,21,24)/t13-,14+/m0/s1. The molecule has 2 atom stereocenters. The first kappa shape index (κ1) is 20.0. The lowest BCUT2D eigenvalue weighted by molar-refractivity contribution is -0.159. The molecule has 1 N–H and O–H groups in total. The van der Waals surface area contributed by atoms with Crippen molar-refractivity contribution in [1.82, 2.24) is 9.78 Å². The molecule has 1 aromatic carbocycles. The fraction of sp³-hybridized carbons (Fsp3) is 0.368. The summed E-state index contributed by atoms with van der Waals surface area (Å²) in [6, 6.07) is 8.35. The first-order chi connectivity index (χ1) is 12.7. The van der Waals surface area contributed by atoms with E-state index in [0.717, 1.165) is 5.69 Å². The van der Waals surface area contributed by atoms with Crippen LogP contribution in [0, 0.1) is 25.2 Å². The monoisotopic (exact) mass is 370 g/mol. The molecule has 0 saturated heterocycles. The Morgan fingerprint density at radius 3 is 2.33 bits per heavy atom. The molecule has 8 heteroatoms. The summed E-state index contributed by atoms with van der Waals surface area (Å²) in [6.45, 7) is 6.63. The quantitative estimate of drug-likeness (QED) is 0.782. The minimum atomic E-state index is -0.997. The van der Waals surface area contributed by atoms with Crippen LogP contribution in [-0.2, 0) is 21.4 Å². The van der Waals surface area contributed by atoms with Gasteiger partial charge in [0.2, 0.25) is 0 Å². The number of aromatic nitrogens is 2. The Bertz CT molecular complexity index is 880. The van der Waals surface area contributed by atoms with Crippen molar-refractivity contribution in [2.45, 2.75) is 39.9 Å². The van der Waals surface area contributed by atoms with Crippen molar-refractivity contribution in [2.24, 2.45) is 7.05 Å². The third kappa shape index (κ3) is 4.85. The van der Waals surface area contributed by atoms with Crippen molar-refractivity contribution in [3.8, 4) is 11.8 Å². The number of hydrogen-bond acceptors (Lipinski definition) is 6. The minimum absolute atomic E-state index is 0.428. The van der Waals surface area contributed by atoms with Crippen molar-refractivity contribution in [3.05, 3.63) is 41.2 Å². The highest BCUT2D eigenvalue weighted by molar-refractivity contribution is 5.96. The second-order valence-corrected chi connectivity index (χ2v) is 6.13. The average Bonchev–Trinajstić information content (AvgIpc) is 2.88. The first-order valence-corrected chi connectivity index (χ1v) is 8.41. The predicted octanol–water partition coefficient (Wildman–Crippen LogP) is 2.25. The Labute approximate surface area is 157 Å². The van der Waals surface area contributed by atoms with Crippen LogP contribution in [0.5, 0.6) is 5.75 Å². The number of nitriles is 1. The van der Waals surface area contributed by atoms with Gasteiger partial charge in [-0.3, -0.25) is 9.48 Å². The number of carbonyl (C=O) groups is 2. The van der Waals surface area contributed by atoms with Crippen molar-refractivity contribution in [2.75, 3.05) is 5.32 Å². The summed E-state index contributed by atoms with van der Waals surface area (Å²) in [5.41, 5.74) is 2.58. The van der Waals surface area contributed by atoms with Crippen LogP contribution in [0.1, 0.15) is 30.8 Å². The third-order valence-electron chi connectivity index (χ3n) is 4.05. The zero-order valence-electron chi connectivity index (χ0n) is 15.9. The molecule has 1 amide bonds.